The first kappa shape index (κ1) is 12.2. The minimum Gasteiger partial charge on any atom is -0.507 e. The Morgan fingerprint density at radius 3 is 3.00 bits per heavy atom. The molecule has 0 aromatic heterocycles. The molecule has 92 valence electrons. The minimum atomic E-state index is -0.257. The highest BCUT2D eigenvalue weighted by molar-refractivity contribution is 6.30. The summed E-state index contributed by atoms with van der Waals surface area (Å²) >= 11 is 5.71. The van der Waals surface area contributed by atoms with E-state index in [9.17, 15) is 9.90 Å². The van der Waals surface area contributed by atoms with Crippen molar-refractivity contribution in [3.05, 3.63) is 28.8 Å². The first-order valence-electron chi connectivity index (χ1n) is 5.67. The van der Waals surface area contributed by atoms with Crippen LogP contribution >= 0.6 is 11.6 Å². The molecule has 1 atom stereocenters. The number of hydrogen-bond donors (Lipinski definition) is 3. The largest absolute Gasteiger partial charge is 0.507 e. The molecular weight excluding hydrogens is 240 g/mol. The van der Waals surface area contributed by atoms with Crippen molar-refractivity contribution in [2.75, 3.05) is 13.1 Å². The van der Waals surface area contributed by atoms with Crippen LogP contribution in [0.15, 0.2) is 18.2 Å². The number of benzene rings is 1. The van der Waals surface area contributed by atoms with Gasteiger partial charge in [0.25, 0.3) is 5.91 Å². The number of hydrogen-bond acceptors (Lipinski definition) is 3. The Morgan fingerprint density at radius 2 is 2.35 bits per heavy atom. The highest BCUT2D eigenvalue weighted by atomic mass is 35.5. The summed E-state index contributed by atoms with van der Waals surface area (Å²) in [7, 11) is 0. The van der Waals surface area contributed by atoms with Crippen molar-refractivity contribution in [3.63, 3.8) is 0 Å². The van der Waals surface area contributed by atoms with Gasteiger partial charge in [0.1, 0.15) is 5.75 Å². The molecule has 5 heteroatoms. The lowest BCUT2D eigenvalue weighted by Gasteiger charge is -2.23. The van der Waals surface area contributed by atoms with Gasteiger partial charge in [0.2, 0.25) is 0 Å². The van der Waals surface area contributed by atoms with E-state index >= 15 is 0 Å². The normalized spacial score (nSPS) is 19.9. The second kappa shape index (κ2) is 5.38. The van der Waals surface area contributed by atoms with E-state index in [0.717, 1.165) is 25.9 Å². The summed E-state index contributed by atoms with van der Waals surface area (Å²) in [5.41, 5.74) is 0.264. The predicted molar refractivity (Wildman–Crippen MR) is 66.5 cm³/mol. The highest BCUT2D eigenvalue weighted by Gasteiger charge is 2.18. The zero-order valence-electron chi connectivity index (χ0n) is 9.37. The fraction of sp³-hybridized carbons (Fsp3) is 0.417. The van der Waals surface area contributed by atoms with Gasteiger partial charge in [0.05, 0.1) is 5.56 Å². The molecule has 1 saturated heterocycles. The Morgan fingerprint density at radius 1 is 1.53 bits per heavy atom. The molecule has 0 spiro atoms. The molecule has 17 heavy (non-hydrogen) atoms. The third-order valence-electron chi connectivity index (χ3n) is 2.84. The van der Waals surface area contributed by atoms with E-state index in [-0.39, 0.29) is 23.3 Å². The SMILES string of the molecule is O=C(N[C@@H]1CCCNC1)c1ccc(Cl)cc1O. The van der Waals surface area contributed by atoms with Gasteiger partial charge in [0.15, 0.2) is 0 Å². The summed E-state index contributed by atoms with van der Waals surface area (Å²) in [6.07, 6.45) is 2.02. The summed E-state index contributed by atoms with van der Waals surface area (Å²) in [6.45, 7) is 1.78. The number of nitrogens with one attached hydrogen (secondary N) is 2. The Hall–Kier alpha value is -1.26. The van der Waals surface area contributed by atoms with E-state index in [0.29, 0.717) is 5.02 Å². The molecule has 1 aliphatic rings. The Balaban J connectivity index is 2.03. The quantitative estimate of drug-likeness (QED) is 0.750. The number of phenols is 1. The van der Waals surface area contributed by atoms with Crippen LogP contribution in [0.3, 0.4) is 0 Å². The van der Waals surface area contributed by atoms with Gasteiger partial charge in [-0.3, -0.25) is 4.79 Å². The van der Waals surface area contributed by atoms with E-state index < -0.39 is 0 Å². The topological polar surface area (TPSA) is 61.4 Å². The molecule has 0 unspecified atom stereocenters. The lowest BCUT2D eigenvalue weighted by atomic mass is 10.1. The zero-order chi connectivity index (χ0) is 12.3. The van der Waals surface area contributed by atoms with E-state index in [1.165, 1.54) is 12.1 Å². The van der Waals surface area contributed by atoms with Crippen molar-refractivity contribution in [1.82, 2.24) is 10.6 Å². The third kappa shape index (κ3) is 3.11. The van der Waals surface area contributed by atoms with E-state index in [1.807, 2.05) is 0 Å². The van der Waals surface area contributed by atoms with E-state index in [1.54, 1.807) is 6.07 Å². The second-order valence-corrected chi connectivity index (χ2v) is 4.61. The van der Waals surface area contributed by atoms with Crippen molar-refractivity contribution in [1.29, 1.82) is 0 Å². The van der Waals surface area contributed by atoms with Crippen LogP contribution < -0.4 is 10.6 Å². The average Bonchev–Trinajstić information content (AvgIpc) is 2.30. The van der Waals surface area contributed by atoms with Crippen LogP contribution in [0.25, 0.3) is 0 Å². The summed E-state index contributed by atoms with van der Waals surface area (Å²) in [4.78, 5) is 11.9. The molecular formula is C12H15ClN2O2. The molecule has 0 aliphatic carbocycles. The van der Waals surface area contributed by atoms with E-state index in [4.69, 9.17) is 11.6 Å². The van der Waals surface area contributed by atoms with Gasteiger partial charge in [-0.25, -0.2) is 0 Å². The first-order chi connectivity index (χ1) is 8.16. The van der Waals surface area contributed by atoms with Crippen molar-refractivity contribution < 1.29 is 9.90 Å². The summed E-state index contributed by atoms with van der Waals surface area (Å²) in [6, 6.07) is 4.63. The molecule has 1 aromatic rings. The van der Waals surface area contributed by atoms with Gasteiger partial charge in [-0.05, 0) is 37.6 Å². The van der Waals surface area contributed by atoms with E-state index in [2.05, 4.69) is 10.6 Å². The van der Waals surface area contributed by atoms with Crippen molar-refractivity contribution >= 4 is 17.5 Å². The van der Waals surface area contributed by atoms with Crippen LogP contribution in [0.5, 0.6) is 5.75 Å². The molecule has 1 aromatic carbocycles. The van der Waals surface area contributed by atoms with Gasteiger partial charge in [-0.2, -0.15) is 0 Å². The lowest BCUT2D eigenvalue weighted by Crippen LogP contribution is -2.45. The maximum atomic E-state index is 11.9. The Bertz CT molecular complexity index is 417. The molecule has 2 rings (SSSR count). The molecule has 1 amide bonds. The standard InChI is InChI=1S/C12H15ClN2O2/c13-8-3-4-10(11(16)6-8)12(17)15-9-2-1-5-14-7-9/h3-4,6,9,14,16H,1-2,5,7H2,(H,15,17)/t9-/m1/s1. The highest BCUT2D eigenvalue weighted by Crippen LogP contribution is 2.21. The number of aromatic hydroxyl groups is 1. The number of carbonyl (C=O) groups is 1. The van der Waals surface area contributed by atoms with Crippen molar-refractivity contribution in [2.24, 2.45) is 0 Å². The second-order valence-electron chi connectivity index (χ2n) is 4.18. The van der Waals surface area contributed by atoms with Crippen LogP contribution in [-0.2, 0) is 0 Å². The third-order valence-corrected chi connectivity index (χ3v) is 3.07. The lowest BCUT2D eigenvalue weighted by molar-refractivity contribution is 0.0928. The van der Waals surface area contributed by atoms with Gasteiger partial charge in [0, 0.05) is 17.6 Å². The molecule has 0 bridgehead atoms. The van der Waals surface area contributed by atoms with Gasteiger partial charge >= 0.3 is 0 Å². The number of phenolic OH excluding ortho intramolecular Hbond substituents is 1. The van der Waals surface area contributed by atoms with Crippen LogP contribution in [0.4, 0.5) is 0 Å². The van der Waals surface area contributed by atoms with Crippen molar-refractivity contribution in [2.45, 2.75) is 18.9 Å². The van der Waals surface area contributed by atoms with Gasteiger partial charge < -0.3 is 15.7 Å². The van der Waals surface area contributed by atoms with Crippen LogP contribution in [0, 0.1) is 0 Å². The van der Waals surface area contributed by atoms with Crippen LogP contribution in [0.2, 0.25) is 5.02 Å². The maximum absolute atomic E-state index is 11.9. The van der Waals surface area contributed by atoms with Crippen molar-refractivity contribution in [3.8, 4) is 5.75 Å². The molecule has 0 saturated carbocycles. The summed E-state index contributed by atoms with van der Waals surface area (Å²) in [5.74, 6) is -0.341. The smallest absolute Gasteiger partial charge is 0.255 e. The maximum Gasteiger partial charge on any atom is 0.255 e. The molecule has 3 N–H and O–H groups in total. The number of carbonyl (C=O) groups excluding carboxylic acids is 1. The average molecular weight is 255 g/mol. The molecule has 4 nitrogen and oxygen atoms in total. The monoisotopic (exact) mass is 254 g/mol. The summed E-state index contributed by atoms with van der Waals surface area (Å²) < 4.78 is 0. The minimum absolute atomic E-state index is 0.0845. The molecule has 1 aliphatic heterocycles. The number of halogens is 1. The molecule has 1 fully saturated rings. The Labute approximate surface area is 105 Å². The van der Waals surface area contributed by atoms with Crippen LogP contribution in [-0.4, -0.2) is 30.1 Å². The van der Waals surface area contributed by atoms with Crippen LogP contribution in [0.1, 0.15) is 23.2 Å². The molecule has 0 radical (unpaired) electrons. The zero-order valence-corrected chi connectivity index (χ0v) is 10.1. The van der Waals surface area contributed by atoms with Gasteiger partial charge in [-0.15, -0.1) is 0 Å². The fourth-order valence-electron chi connectivity index (χ4n) is 1.93. The number of piperidine rings is 1. The van der Waals surface area contributed by atoms with Gasteiger partial charge in [-0.1, -0.05) is 11.6 Å². The fourth-order valence-corrected chi connectivity index (χ4v) is 2.10. The predicted octanol–water partition coefficient (Wildman–Crippen LogP) is 1.53. The molecule has 1 heterocycles. The number of rotatable bonds is 2. The number of amides is 1. The summed E-state index contributed by atoms with van der Waals surface area (Å²) in [5, 5.41) is 16.2. The first-order valence-corrected chi connectivity index (χ1v) is 6.04. The Kier molecular flexibility index (Phi) is 3.86.